The molecule has 3 heteroatoms. The van der Waals surface area contributed by atoms with Crippen molar-refractivity contribution in [2.24, 2.45) is 0 Å². The van der Waals surface area contributed by atoms with Gasteiger partial charge in [0.2, 0.25) is 0 Å². The Bertz CT molecular complexity index is 2650. The van der Waals surface area contributed by atoms with Gasteiger partial charge in [0.25, 0.3) is 0 Å². The second-order valence-corrected chi connectivity index (χ2v) is 14.9. The average molecular weight is 632 g/mol. The number of ketones is 2. The maximum atomic E-state index is 13.6. The standard InChI is InChI=1S/C46H33NO2/c1-45(2)36-15-9-10-16-38(36)47-39-20-18-30-21-26(22-35-43(48)33-23-27-11-5-6-12-28(27)24-34(33)44(35)49)17-19-32(30)40(39)46(3,4)37-25-29-13-7-8-14-31(29)41(45)42(37)47/h5-25H,1-4H3. The van der Waals surface area contributed by atoms with Crippen LogP contribution in [-0.2, 0) is 10.8 Å². The van der Waals surface area contributed by atoms with Gasteiger partial charge in [-0.25, -0.2) is 0 Å². The van der Waals surface area contributed by atoms with Gasteiger partial charge in [0.15, 0.2) is 11.6 Å². The number of benzene rings is 7. The van der Waals surface area contributed by atoms with Crippen molar-refractivity contribution in [2.45, 2.75) is 38.5 Å². The normalized spacial score (nSPS) is 16.5. The van der Waals surface area contributed by atoms with Crippen molar-refractivity contribution in [2.75, 3.05) is 4.90 Å². The molecule has 0 saturated heterocycles. The number of carbonyl (C=O) groups excluding carboxylic acids is 2. The Morgan fingerprint density at radius 2 is 1.10 bits per heavy atom. The molecule has 0 bridgehead atoms. The average Bonchev–Trinajstić information content (AvgIpc) is 3.33. The van der Waals surface area contributed by atoms with Crippen LogP contribution < -0.4 is 4.90 Å². The van der Waals surface area contributed by atoms with E-state index in [2.05, 4.69) is 118 Å². The van der Waals surface area contributed by atoms with Crippen LogP contribution in [0.3, 0.4) is 0 Å². The van der Waals surface area contributed by atoms with E-state index in [9.17, 15) is 9.59 Å². The highest BCUT2D eigenvalue weighted by molar-refractivity contribution is 6.42. The summed E-state index contributed by atoms with van der Waals surface area (Å²) in [7, 11) is 0. The molecule has 3 nitrogen and oxygen atoms in total. The second-order valence-electron chi connectivity index (χ2n) is 14.9. The third kappa shape index (κ3) is 3.62. The number of para-hydroxylation sites is 1. The SMILES string of the molecule is CC1(C)c2cc3ccccc3c3c2N(c2ccccc2C3(C)C)c2ccc3cc(C=C4C(=O)c5cc6ccccc6cc5C4=O)ccc3c21. The summed E-state index contributed by atoms with van der Waals surface area (Å²) in [4.78, 5) is 29.6. The zero-order chi connectivity index (χ0) is 33.4. The summed E-state index contributed by atoms with van der Waals surface area (Å²) >= 11 is 0. The fourth-order valence-corrected chi connectivity index (χ4v) is 9.09. The zero-order valence-corrected chi connectivity index (χ0v) is 27.9. The molecule has 0 atom stereocenters. The van der Waals surface area contributed by atoms with Crippen molar-refractivity contribution in [3.63, 3.8) is 0 Å². The summed E-state index contributed by atoms with van der Waals surface area (Å²) in [6.07, 6.45) is 1.77. The van der Waals surface area contributed by atoms with Gasteiger partial charge in [0.1, 0.15) is 0 Å². The van der Waals surface area contributed by atoms with Crippen molar-refractivity contribution >= 4 is 67.0 Å². The van der Waals surface area contributed by atoms with Crippen molar-refractivity contribution < 1.29 is 9.59 Å². The van der Waals surface area contributed by atoms with Gasteiger partial charge in [-0.1, -0.05) is 113 Å². The molecular weight excluding hydrogens is 599 g/mol. The first kappa shape index (κ1) is 28.2. The van der Waals surface area contributed by atoms with E-state index in [0.29, 0.717) is 11.1 Å². The van der Waals surface area contributed by atoms with Gasteiger partial charge in [0, 0.05) is 22.0 Å². The predicted octanol–water partition coefficient (Wildman–Crippen LogP) is 11.4. The lowest BCUT2D eigenvalue weighted by atomic mass is 9.64. The largest absolute Gasteiger partial charge is 0.309 e. The van der Waals surface area contributed by atoms with Crippen molar-refractivity contribution in [3.05, 3.63) is 166 Å². The fourth-order valence-electron chi connectivity index (χ4n) is 9.09. The van der Waals surface area contributed by atoms with Crippen molar-refractivity contribution in [3.8, 4) is 0 Å². The summed E-state index contributed by atoms with van der Waals surface area (Å²) in [6, 6.07) is 42.4. The quantitative estimate of drug-likeness (QED) is 0.134. The van der Waals surface area contributed by atoms with E-state index in [1.165, 1.54) is 55.5 Å². The molecule has 2 aliphatic heterocycles. The first-order chi connectivity index (χ1) is 23.6. The Hall–Kier alpha value is -5.80. The van der Waals surface area contributed by atoms with Crippen LogP contribution in [0.4, 0.5) is 17.1 Å². The molecule has 0 saturated carbocycles. The molecule has 234 valence electrons. The first-order valence-electron chi connectivity index (χ1n) is 17.0. The highest BCUT2D eigenvalue weighted by Gasteiger charge is 2.46. The van der Waals surface area contributed by atoms with Gasteiger partial charge in [-0.3, -0.25) is 9.59 Å². The molecule has 0 fully saturated rings. The highest BCUT2D eigenvalue weighted by atomic mass is 16.2. The molecular formula is C46H33NO2. The molecule has 7 aromatic rings. The van der Waals surface area contributed by atoms with Crippen LogP contribution in [0.5, 0.6) is 0 Å². The third-order valence-electron chi connectivity index (χ3n) is 11.4. The molecule has 1 aliphatic carbocycles. The Balaban J connectivity index is 1.17. The number of rotatable bonds is 1. The number of hydrogen-bond acceptors (Lipinski definition) is 3. The smallest absolute Gasteiger partial charge is 0.197 e. The van der Waals surface area contributed by atoms with Crippen LogP contribution in [0.1, 0.15) is 76.2 Å². The molecule has 10 rings (SSSR count). The van der Waals surface area contributed by atoms with E-state index in [0.717, 1.165) is 21.7 Å². The van der Waals surface area contributed by atoms with Crippen molar-refractivity contribution in [1.82, 2.24) is 0 Å². The van der Waals surface area contributed by atoms with Crippen LogP contribution >= 0.6 is 0 Å². The lowest BCUT2D eigenvalue weighted by Crippen LogP contribution is -2.38. The van der Waals surface area contributed by atoms with E-state index < -0.39 is 0 Å². The lowest BCUT2D eigenvalue weighted by molar-refractivity contribution is 0.0990. The van der Waals surface area contributed by atoms with Gasteiger partial charge in [-0.2, -0.15) is 0 Å². The number of nitrogens with zero attached hydrogens (tertiary/aromatic N) is 1. The van der Waals surface area contributed by atoms with Gasteiger partial charge in [-0.15, -0.1) is 0 Å². The van der Waals surface area contributed by atoms with Gasteiger partial charge in [-0.05, 0) is 103 Å². The minimum atomic E-state index is -0.303. The molecule has 0 unspecified atom stereocenters. The number of allylic oxidation sites excluding steroid dienone is 1. The van der Waals surface area contributed by atoms with E-state index in [1.807, 2.05) is 36.4 Å². The molecule has 0 aromatic heterocycles. The maximum Gasteiger partial charge on any atom is 0.197 e. The van der Waals surface area contributed by atoms with Crippen LogP contribution in [0.2, 0.25) is 0 Å². The summed E-state index contributed by atoms with van der Waals surface area (Å²) in [5.74, 6) is -0.410. The van der Waals surface area contributed by atoms with Gasteiger partial charge < -0.3 is 4.90 Å². The topological polar surface area (TPSA) is 37.4 Å². The van der Waals surface area contributed by atoms with E-state index in [4.69, 9.17) is 0 Å². The first-order valence-corrected chi connectivity index (χ1v) is 17.0. The Morgan fingerprint density at radius 3 is 1.84 bits per heavy atom. The number of fused-ring (bicyclic) bond motifs is 10. The molecule has 0 spiro atoms. The summed E-state index contributed by atoms with van der Waals surface area (Å²) < 4.78 is 0. The fraction of sp³-hybridized carbons (Fsp3) is 0.130. The monoisotopic (exact) mass is 631 g/mol. The van der Waals surface area contributed by atoms with Crippen LogP contribution in [0.25, 0.3) is 38.4 Å². The maximum absolute atomic E-state index is 13.6. The van der Waals surface area contributed by atoms with Gasteiger partial charge >= 0.3 is 0 Å². The molecule has 0 N–H and O–H groups in total. The number of carbonyl (C=O) groups is 2. The molecule has 49 heavy (non-hydrogen) atoms. The molecule has 3 aliphatic rings. The number of Topliss-reactive ketones (excluding diaryl/α,β-unsaturated/α-hetero) is 2. The van der Waals surface area contributed by atoms with Crippen LogP contribution in [-0.4, -0.2) is 11.6 Å². The minimum Gasteiger partial charge on any atom is -0.309 e. The van der Waals surface area contributed by atoms with Crippen LogP contribution in [0, 0.1) is 0 Å². The molecule has 0 radical (unpaired) electrons. The Kier molecular flexibility index (Phi) is 5.43. The second kappa shape index (κ2) is 9.42. The highest BCUT2D eigenvalue weighted by Crippen LogP contribution is 2.62. The van der Waals surface area contributed by atoms with E-state index in [-0.39, 0.29) is 28.0 Å². The predicted molar refractivity (Wildman–Crippen MR) is 201 cm³/mol. The summed E-state index contributed by atoms with van der Waals surface area (Å²) in [5.41, 5.74) is 10.6. The van der Waals surface area contributed by atoms with Gasteiger partial charge in [0.05, 0.1) is 22.6 Å². The van der Waals surface area contributed by atoms with Crippen molar-refractivity contribution in [1.29, 1.82) is 0 Å². The van der Waals surface area contributed by atoms with E-state index in [1.54, 1.807) is 6.08 Å². The Morgan fingerprint density at radius 1 is 0.510 bits per heavy atom. The molecule has 0 amide bonds. The number of anilines is 3. The Labute approximate surface area is 285 Å². The van der Waals surface area contributed by atoms with Crippen LogP contribution in [0.15, 0.2) is 127 Å². The third-order valence-corrected chi connectivity index (χ3v) is 11.4. The molecule has 2 heterocycles. The summed E-state index contributed by atoms with van der Waals surface area (Å²) in [6.45, 7) is 9.44. The van der Waals surface area contributed by atoms with E-state index >= 15 is 0 Å². The minimum absolute atomic E-state index is 0.188. The number of hydrogen-bond donors (Lipinski definition) is 0. The summed E-state index contributed by atoms with van der Waals surface area (Å²) in [5, 5.41) is 6.74. The zero-order valence-electron chi connectivity index (χ0n) is 27.9. The lowest BCUT2D eigenvalue weighted by Gasteiger charge is -2.50. The molecule has 7 aromatic carbocycles.